The lowest BCUT2D eigenvalue weighted by molar-refractivity contribution is -0.127. The molecule has 0 spiro atoms. The lowest BCUT2D eigenvalue weighted by atomic mass is 10.0. The zero-order valence-corrected chi connectivity index (χ0v) is 16.0. The van der Waals surface area contributed by atoms with E-state index in [0.29, 0.717) is 6.04 Å². The second-order valence-electron chi connectivity index (χ2n) is 6.98. The van der Waals surface area contributed by atoms with Crippen molar-refractivity contribution < 1.29 is 9.59 Å². The van der Waals surface area contributed by atoms with Crippen molar-refractivity contribution in [2.24, 2.45) is 0 Å². The average Bonchev–Trinajstić information content (AvgIpc) is 3.33. The van der Waals surface area contributed by atoms with Crippen LogP contribution in [0.3, 0.4) is 0 Å². The van der Waals surface area contributed by atoms with Gasteiger partial charge >= 0.3 is 0 Å². The van der Waals surface area contributed by atoms with E-state index in [4.69, 9.17) is 0 Å². The minimum atomic E-state index is -0.166. The summed E-state index contributed by atoms with van der Waals surface area (Å²) >= 11 is 1.62. The molecule has 0 aliphatic heterocycles. The molecule has 1 saturated carbocycles. The molecule has 1 aliphatic carbocycles. The Bertz CT molecular complexity index is 719. The van der Waals surface area contributed by atoms with Crippen LogP contribution in [0.1, 0.15) is 60.6 Å². The Morgan fingerprint density at radius 3 is 2.42 bits per heavy atom. The number of nitrogens with one attached hydrogen (secondary N) is 2. The molecule has 26 heavy (non-hydrogen) atoms. The van der Waals surface area contributed by atoms with Crippen molar-refractivity contribution in [2.75, 3.05) is 0 Å². The van der Waals surface area contributed by atoms with E-state index in [0.717, 1.165) is 23.3 Å². The highest BCUT2D eigenvalue weighted by Gasteiger charge is 2.20. The van der Waals surface area contributed by atoms with E-state index in [9.17, 15) is 9.59 Å². The first kappa shape index (κ1) is 18.6. The van der Waals surface area contributed by atoms with Gasteiger partial charge in [-0.3, -0.25) is 9.59 Å². The maximum absolute atomic E-state index is 12.4. The molecule has 4 nitrogen and oxygen atoms in total. The maximum Gasteiger partial charge on any atom is 0.221 e. The maximum atomic E-state index is 12.4. The van der Waals surface area contributed by atoms with Gasteiger partial charge in [-0.05, 0) is 36.8 Å². The van der Waals surface area contributed by atoms with Gasteiger partial charge in [-0.25, -0.2) is 0 Å². The summed E-state index contributed by atoms with van der Waals surface area (Å²) < 4.78 is 0. The molecule has 3 rings (SSSR count). The minimum absolute atomic E-state index is 0.0185. The average molecular weight is 371 g/mol. The molecule has 1 aromatic carbocycles. The summed E-state index contributed by atoms with van der Waals surface area (Å²) in [4.78, 5) is 25.6. The second-order valence-corrected chi connectivity index (χ2v) is 7.95. The number of benzene rings is 1. The zero-order valence-electron chi connectivity index (χ0n) is 15.2. The molecule has 2 amide bonds. The molecule has 1 aliphatic rings. The molecule has 1 aromatic heterocycles. The van der Waals surface area contributed by atoms with Gasteiger partial charge in [0, 0.05) is 23.8 Å². The van der Waals surface area contributed by atoms with Crippen molar-refractivity contribution in [1.29, 1.82) is 0 Å². The fraction of sp³-hybridized carbons (Fsp3) is 0.429. The molecule has 1 fully saturated rings. The van der Waals surface area contributed by atoms with E-state index in [-0.39, 0.29) is 30.7 Å². The first-order valence-electron chi connectivity index (χ1n) is 9.30. The van der Waals surface area contributed by atoms with Crippen molar-refractivity contribution in [1.82, 2.24) is 10.6 Å². The van der Waals surface area contributed by atoms with Gasteiger partial charge in [-0.15, -0.1) is 11.3 Å². The van der Waals surface area contributed by atoms with E-state index in [1.165, 1.54) is 18.4 Å². The molecule has 0 radical (unpaired) electrons. The third-order valence-corrected chi connectivity index (χ3v) is 5.78. The first-order chi connectivity index (χ1) is 12.6. The Balaban J connectivity index is 1.57. The van der Waals surface area contributed by atoms with Crippen LogP contribution in [-0.2, 0) is 9.59 Å². The summed E-state index contributed by atoms with van der Waals surface area (Å²) in [6.45, 7) is 2.05. The first-order valence-corrected chi connectivity index (χ1v) is 10.2. The zero-order chi connectivity index (χ0) is 18.4. The van der Waals surface area contributed by atoms with Crippen LogP contribution in [0.2, 0.25) is 0 Å². The van der Waals surface area contributed by atoms with E-state index in [2.05, 4.69) is 22.8 Å². The van der Waals surface area contributed by atoms with Gasteiger partial charge in [0.2, 0.25) is 11.8 Å². The normalized spacial score (nSPS) is 15.6. The lowest BCUT2D eigenvalue weighted by Gasteiger charge is -2.18. The third-order valence-electron chi connectivity index (χ3n) is 4.84. The van der Waals surface area contributed by atoms with Crippen LogP contribution < -0.4 is 10.6 Å². The van der Waals surface area contributed by atoms with E-state index >= 15 is 0 Å². The number of thiophene rings is 1. The van der Waals surface area contributed by atoms with Crippen molar-refractivity contribution >= 4 is 23.2 Å². The minimum Gasteiger partial charge on any atom is -0.353 e. The van der Waals surface area contributed by atoms with E-state index in [1.54, 1.807) is 11.3 Å². The number of hydrogen-bond donors (Lipinski definition) is 2. The summed E-state index contributed by atoms with van der Waals surface area (Å²) in [5.74, 6) is -0.111. The predicted molar refractivity (Wildman–Crippen MR) is 105 cm³/mol. The lowest BCUT2D eigenvalue weighted by Crippen LogP contribution is -2.34. The quantitative estimate of drug-likeness (QED) is 0.771. The van der Waals surface area contributed by atoms with Crippen LogP contribution in [0.25, 0.3) is 0 Å². The van der Waals surface area contributed by atoms with Crippen molar-refractivity contribution in [3.63, 3.8) is 0 Å². The predicted octanol–water partition coefficient (Wildman–Crippen LogP) is 4.10. The van der Waals surface area contributed by atoms with Gasteiger partial charge in [0.15, 0.2) is 0 Å². The number of carbonyl (C=O) groups is 2. The highest BCUT2D eigenvalue weighted by Crippen LogP contribution is 2.26. The SMILES string of the molecule is Cc1ccc([C@H](NC(=O)CCC(=O)NC2CCCC2)c2cccs2)cc1. The third kappa shape index (κ3) is 5.18. The molecule has 0 bridgehead atoms. The van der Waals surface area contributed by atoms with E-state index < -0.39 is 0 Å². The Labute approximate surface area is 159 Å². The van der Waals surface area contributed by atoms with Crippen LogP contribution in [0.5, 0.6) is 0 Å². The van der Waals surface area contributed by atoms with Crippen LogP contribution in [-0.4, -0.2) is 17.9 Å². The Morgan fingerprint density at radius 1 is 1.08 bits per heavy atom. The number of carbonyl (C=O) groups excluding carboxylic acids is 2. The van der Waals surface area contributed by atoms with Gasteiger partial charge in [0.1, 0.15) is 0 Å². The van der Waals surface area contributed by atoms with Crippen LogP contribution in [0.15, 0.2) is 41.8 Å². The summed E-state index contributed by atoms with van der Waals surface area (Å²) in [6.07, 6.45) is 4.95. The van der Waals surface area contributed by atoms with E-state index in [1.807, 2.05) is 36.6 Å². The number of rotatable bonds is 7. The fourth-order valence-electron chi connectivity index (χ4n) is 3.36. The molecule has 1 atom stereocenters. The molecule has 138 valence electrons. The highest BCUT2D eigenvalue weighted by atomic mass is 32.1. The monoisotopic (exact) mass is 370 g/mol. The van der Waals surface area contributed by atoms with Gasteiger partial charge in [-0.1, -0.05) is 48.7 Å². The molecule has 0 unspecified atom stereocenters. The van der Waals surface area contributed by atoms with Crippen LogP contribution in [0.4, 0.5) is 0 Å². The highest BCUT2D eigenvalue weighted by molar-refractivity contribution is 7.10. The Kier molecular flexibility index (Phi) is 6.45. The van der Waals surface area contributed by atoms with Gasteiger partial charge in [-0.2, -0.15) is 0 Å². The molecule has 2 aromatic rings. The summed E-state index contributed by atoms with van der Waals surface area (Å²) in [6, 6.07) is 12.4. The van der Waals surface area contributed by atoms with Gasteiger partial charge < -0.3 is 10.6 Å². The van der Waals surface area contributed by atoms with Crippen molar-refractivity contribution in [3.05, 3.63) is 57.8 Å². The molecule has 2 N–H and O–H groups in total. The smallest absolute Gasteiger partial charge is 0.221 e. The van der Waals surface area contributed by atoms with Crippen LogP contribution >= 0.6 is 11.3 Å². The fourth-order valence-corrected chi connectivity index (χ4v) is 4.17. The largest absolute Gasteiger partial charge is 0.353 e. The molecule has 1 heterocycles. The summed E-state index contributed by atoms with van der Waals surface area (Å²) in [7, 11) is 0. The molecule has 5 heteroatoms. The van der Waals surface area contributed by atoms with Gasteiger partial charge in [0.05, 0.1) is 6.04 Å². The van der Waals surface area contributed by atoms with Crippen molar-refractivity contribution in [3.8, 4) is 0 Å². The summed E-state index contributed by atoms with van der Waals surface area (Å²) in [5, 5.41) is 8.14. The Hall–Kier alpha value is -2.14. The van der Waals surface area contributed by atoms with Crippen molar-refractivity contribution in [2.45, 2.75) is 57.5 Å². The van der Waals surface area contributed by atoms with Crippen LogP contribution in [0, 0.1) is 6.92 Å². The molecule has 0 saturated heterocycles. The Morgan fingerprint density at radius 2 is 1.77 bits per heavy atom. The molecular weight excluding hydrogens is 344 g/mol. The summed E-state index contributed by atoms with van der Waals surface area (Å²) in [5.41, 5.74) is 2.25. The number of amides is 2. The van der Waals surface area contributed by atoms with Gasteiger partial charge in [0.25, 0.3) is 0 Å². The number of aryl methyl sites for hydroxylation is 1. The number of hydrogen-bond acceptors (Lipinski definition) is 3. The standard InChI is InChI=1S/C21H26N2O2S/c1-15-8-10-16(11-9-15)21(18-7-4-14-26-18)23-20(25)13-12-19(24)22-17-5-2-3-6-17/h4,7-11,14,17,21H,2-3,5-6,12-13H2,1H3,(H,22,24)(H,23,25)/t21-/m0/s1. The molecular formula is C21H26N2O2S. The second kappa shape index (κ2) is 8.99. The topological polar surface area (TPSA) is 58.2 Å².